The number of likely N-dealkylation sites (N-methyl/N-ethyl adjacent to an activating group) is 1. The van der Waals surface area contributed by atoms with Crippen LogP contribution in [0.5, 0.6) is 11.5 Å². The maximum atomic E-state index is 11.7. The van der Waals surface area contributed by atoms with E-state index in [0.29, 0.717) is 23.8 Å². The molecule has 124 valence electrons. The number of aliphatic hydroxyl groups is 1. The van der Waals surface area contributed by atoms with E-state index < -0.39 is 5.97 Å². The third kappa shape index (κ3) is 2.37. The molecule has 1 aliphatic carbocycles. The Labute approximate surface area is 134 Å². The lowest BCUT2D eigenvalue weighted by atomic mass is 9.72. The molecule has 1 aromatic carbocycles. The highest BCUT2D eigenvalue weighted by Gasteiger charge is 2.44. The number of carbonyl (C=O) groups is 1. The van der Waals surface area contributed by atoms with Gasteiger partial charge in [-0.3, -0.25) is 0 Å². The first kappa shape index (κ1) is 14.8. The van der Waals surface area contributed by atoms with Crippen LogP contribution in [0.2, 0.25) is 0 Å². The van der Waals surface area contributed by atoms with Crippen molar-refractivity contribution in [1.29, 1.82) is 0 Å². The van der Waals surface area contributed by atoms with Gasteiger partial charge in [-0.1, -0.05) is 0 Å². The Morgan fingerprint density at radius 3 is 2.74 bits per heavy atom. The topological polar surface area (TPSA) is 79.2 Å². The summed E-state index contributed by atoms with van der Waals surface area (Å²) in [7, 11) is 2.09. The molecule has 2 heterocycles. The lowest BCUT2D eigenvalue weighted by molar-refractivity contribution is 0.0574. The molecular formula is C17H21NO5. The van der Waals surface area contributed by atoms with E-state index in [1.165, 1.54) is 0 Å². The average Bonchev–Trinajstić information content (AvgIpc) is 3.11. The van der Waals surface area contributed by atoms with Crippen molar-refractivity contribution in [2.75, 3.05) is 20.4 Å². The molecule has 6 nitrogen and oxygen atoms in total. The largest absolute Gasteiger partial charge is 0.478 e. The molecule has 1 aromatic rings. The number of rotatable bonds is 2. The van der Waals surface area contributed by atoms with Gasteiger partial charge in [0.25, 0.3) is 0 Å². The quantitative estimate of drug-likeness (QED) is 0.863. The number of hydrogen-bond donors (Lipinski definition) is 2. The molecule has 1 saturated heterocycles. The van der Waals surface area contributed by atoms with Crippen molar-refractivity contribution in [2.24, 2.45) is 5.92 Å². The van der Waals surface area contributed by atoms with Gasteiger partial charge in [-0.05, 0) is 56.5 Å². The second-order valence-corrected chi connectivity index (χ2v) is 6.85. The van der Waals surface area contributed by atoms with Gasteiger partial charge in [0.2, 0.25) is 6.79 Å². The summed E-state index contributed by atoms with van der Waals surface area (Å²) in [6, 6.07) is 3.64. The van der Waals surface area contributed by atoms with Crippen LogP contribution in [0.1, 0.15) is 41.1 Å². The maximum absolute atomic E-state index is 11.7. The third-order valence-corrected chi connectivity index (χ3v) is 5.53. The van der Waals surface area contributed by atoms with E-state index in [1.807, 2.05) is 0 Å². The predicted molar refractivity (Wildman–Crippen MR) is 82.0 cm³/mol. The minimum absolute atomic E-state index is 0.00292. The molecule has 2 fully saturated rings. The van der Waals surface area contributed by atoms with Crippen molar-refractivity contribution in [1.82, 2.24) is 4.90 Å². The highest BCUT2D eigenvalue weighted by atomic mass is 16.7. The summed E-state index contributed by atoms with van der Waals surface area (Å²) in [6.45, 7) is 1.11. The Bertz CT molecular complexity index is 646. The van der Waals surface area contributed by atoms with Crippen LogP contribution in [0.4, 0.5) is 0 Å². The summed E-state index contributed by atoms with van der Waals surface area (Å²) in [6.07, 6.45) is 2.07. The molecule has 3 aliphatic rings. The summed E-state index contributed by atoms with van der Waals surface area (Å²) in [5, 5.41) is 19.9. The number of hydrogen-bond acceptors (Lipinski definition) is 5. The Morgan fingerprint density at radius 1 is 1.26 bits per heavy atom. The fourth-order valence-electron chi connectivity index (χ4n) is 4.58. The van der Waals surface area contributed by atoms with Crippen LogP contribution >= 0.6 is 0 Å². The second kappa shape index (κ2) is 5.39. The number of likely N-dealkylation sites (tertiary alicyclic amines) is 1. The number of benzene rings is 1. The zero-order valence-electron chi connectivity index (χ0n) is 13.1. The molecule has 0 amide bonds. The first-order valence-electron chi connectivity index (χ1n) is 8.09. The van der Waals surface area contributed by atoms with Crippen molar-refractivity contribution in [3.8, 4) is 11.5 Å². The first-order valence-corrected chi connectivity index (χ1v) is 8.09. The normalized spacial score (nSPS) is 32.8. The highest BCUT2D eigenvalue weighted by molar-refractivity contribution is 5.91. The van der Waals surface area contributed by atoms with Crippen LogP contribution < -0.4 is 9.47 Å². The standard InChI is InChI=1S/C17H21NO5/c1-18-3-2-9-4-10(19)5-12(16(9)18)11-6-14-15(23-8-22-14)7-13(11)17(20)21/h6-7,9-10,12,16,19H,2-5,8H2,1H3,(H,20,21)/t9-,10+,12+,16-/m1/s1. The predicted octanol–water partition coefficient (Wildman–Crippen LogP) is 1.67. The lowest BCUT2D eigenvalue weighted by Crippen LogP contribution is -2.42. The molecule has 1 saturated carbocycles. The monoisotopic (exact) mass is 319 g/mol. The van der Waals surface area contributed by atoms with Crippen molar-refractivity contribution in [3.63, 3.8) is 0 Å². The van der Waals surface area contributed by atoms with E-state index in [1.54, 1.807) is 12.1 Å². The SMILES string of the molecule is CN1CC[C@@H]2C[C@H](O)C[C@@H](c3cc4c(cc3C(=O)O)OCO4)[C@@H]21. The van der Waals surface area contributed by atoms with Crippen molar-refractivity contribution < 1.29 is 24.5 Å². The van der Waals surface area contributed by atoms with Crippen LogP contribution in [-0.4, -0.2) is 53.6 Å². The third-order valence-electron chi connectivity index (χ3n) is 5.53. The summed E-state index contributed by atoms with van der Waals surface area (Å²) in [5.41, 5.74) is 1.01. The van der Waals surface area contributed by atoms with Crippen LogP contribution in [0.3, 0.4) is 0 Å². The lowest BCUT2D eigenvalue weighted by Gasteiger charge is -2.40. The molecule has 2 aliphatic heterocycles. The van der Waals surface area contributed by atoms with Gasteiger partial charge in [0.1, 0.15) is 0 Å². The summed E-state index contributed by atoms with van der Waals surface area (Å²) < 4.78 is 10.8. The zero-order chi connectivity index (χ0) is 16.1. The Kier molecular flexibility index (Phi) is 3.46. The fourth-order valence-corrected chi connectivity index (χ4v) is 4.58. The number of nitrogens with zero attached hydrogens (tertiary/aromatic N) is 1. The van der Waals surface area contributed by atoms with E-state index in [4.69, 9.17) is 9.47 Å². The number of carboxylic acid groups (broad SMARTS) is 1. The molecule has 4 rings (SSSR count). The molecule has 0 radical (unpaired) electrons. The molecule has 0 unspecified atom stereocenters. The molecular weight excluding hydrogens is 298 g/mol. The van der Waals surface area contributed by atoms with Crippen molar-refractivity contribution in [3.05, 3.63) is 23.3 Å². The van der Waals surface area contributed by atoms with Crippen molar-refractivity contribution in [2.45, 2.75) is 37.3 Å². The Hall–Kier alpha value is -1.79. The highest BCUT2D eigenvalue weighted by Crippen LogP contribution is 2.47. The molecule has 2 N–H and O–H groups in total. The number of aliphatic hydroxyl groups excluding tert-OH is 1. The minimum Gasteiger partial charge on any atom is -0.478 e. The molecule has 6 heteroatoms. The Balaban J connectivity index is 1.80. The van der Waals surface area contributed by atoms with Gasteiger partial charge in [-0.25, -0.2) is 4.79 Å². The van der Waals surface area contributed by atoms with E-state index in [9.17, 15) is 15.0 Å². The van der Waals surface area contributed by atoms with Crippen LogP contribution in [-0.2, 0) is 0 Å². The van der Waals surface area contributed by atoms with E-state index in [0.717, 1.165) is 24.9 Å². The summed E-state index contributed by atoms with van der Waals surface area (Å²) >= 11 is 0. The average molecular weight is 319 g/mol. The van der Waals surface area contributed by atoms with Crippen molar-refractivity contribution >= 4 is 5.97 Å². The van der Waals surface area contributed by atoms with Gasteiger partial charge in [-0.15, -0.1) is 0 Å². The smallest absolute Gasteiger partial charge is 0.336 e. The number of carboxylic acids is 1. The molecule has 0 spiro atoms. The minimum atomic E-state index is -0.962. The van der Waals surface area contributed by atoms with Gasteiger partial charge in [0, 0.05) is 12.0 Å². The molecule has 0 aromatic heterocycles. The first-order chi connectivity index (χ1) is 11.0. The van der Waals surface area contributed by atoms with E-state index >= 15 is 0 Å². The number of aromatic carboxylic acids is 1. The maximum Gasteiger partial charge on any atom is 0.336 e. The summed E-state index contributed by atoms with van der Waals surface area (Å²) in [5.74, 6) is 0.536. The van der Waals surface area contributed by atoms with Gasteiger partial charge in [0.15, 0.2) is 11.5 Å². The Morgan fingerprint density at radius 2 is 2.00 bits per heavy atom. The van der Waals surface area contributed by atoms with Gasteiger partial charge in [0.05, 0.1) is 11.7 Å². The summed E-state index contributed by atoms with van der Waals surface area (Å²) in [4.78, 5) is 14.0. The number of ether oxygens (including phenoxy) is 2. The molecule has 0 bridgehead atoms. The van der Waals surface area contributed by atoms with Crippen LogP contribution in [0.15, 0.2) is 12.1 Å². The molecule has 4 atom stereocenters. The van der Waals surface area contributed by atoms with Crippen LogP contribution in [0.25, 0.3) is 0 Å². The van der Waals surface area contributed by atoms with Crippen LogP contribution in [0, 0.1) is 5.92 Å². The molecule has 23 heavy (non-hydrogen) atoms. The number of fused-ring (bicyclic) bond motifs is 2. The van der Waals surface area contributed by atoms with E-state index in [-0.39, 0.29) is 30.4 Å². The second-order valence-electron chi connectivity index (χ2n) is 6.85. The van der Waals surface area contributed by atoms with Gasteiger partial charge < -0.3 is 24.6 Å². The van der Waals surface area contributed by atoms with E-state index in [2.05, 4.69) is 11.9 Å². The zero-order valence-corrected chi connectivity index (χ0v) is 13.1. The fraction of sp³-hybridized carbons (Fsp3) is 0.588. The van der Waals surface area contributed by atoms with Gasteiger partial charge >= 0.3 is 5.97 Å². The van der Waals surface area contributed by atoms with Gasteiger partial charge in [-0.2, -0.15) is 0 Å².